The molecule has 0 aliphatic rings. The minimum Gasteiger partial charge on any atom is -0.497 e. The van der Waals surface area contributed by atoms with Gasteiger partial charge in [-0.05, 0) is 36.6 Å². The molecule has 0 aromatic heterocycles. The molecule has 2 aromatic rings. The van der Waals surface area contributed by atoms with E-state index in [1.807, 2.05) is 61.5 Å². The summed E-state index contributed by atoms with van der Waals surface area (Å²) < 4.78 is 22.1. The van der Waals surface area contributed by atoms with Crippen LogP contribution in [0.15, 0.2) is 66.7 Å². The second-order valence-electron chi connectivity index (χ2n) is 7.88. The predicted molar refractivity (Wildman–Crippen MR) is 128 cm³/mol. The molecule has 0 aliphatic carbocycles. The summed E-state index contributed by atoms with van der Waals surface area (Å²) in [6.07, 6.45) is 3.26. The highest BCUT2D eigenvalue weighted by Crippen LogP contribution is 2.19. The Morgan fingerprint density at radius 1 is 1.03 bits per heavy atom. The van der Waals surface area contributed by atoms with Crippen LogP contribution in [0.25, 0.3) is 0 Å². The highest BCUT2D eigenvalue weighted by atomic mass is 16.5. The summed E-state index contributed by atoms with van der Waals surface area (Å²) in [5, 5.41) is 10.7. The maximum atomic E-state index is 11.5. The molecule has 33 heavy (non-hydrogen) atoms. The van der Waals surface area contributed by atoms with E-state index in [0.29, 0.717) is 39.3 Å². The number of ether oxygens (including phenoxy) is 4. The van der Waals surface area contributed by atoms with Gasteiger partial charge in [-0.15, -0.1) is 0 Å². The van der Waals surface area contributed by atoms with E-state index in [1.165, 1.54) is 6.08 Å². The van der Waals surface area contributed by atoms with E-state index in [-0.39, 0.29) is 12.0 Å². The Labute approximate surface area is 197 Å². The van der Waals surface area contributed by atoms with E-state index in [9.17, 15) is 9.90 Å². The highest BCUT2D eigenvalue weighted by molar-refractivity contribution is 5.81. The fourth-order valence-corrected chi connectivity index (χ4v) is 3.22. The molecule has 3 atom stereocenters. The number of aliphatic hydroxyl groups is 1. The number of methoxy groups -OCH3 is 1. The minimum absolute atomic E-state index is 0.198. The molecule has 2 aromatic carbocycles. The van der Waals surface area contributed by atoms with E-state index < -0.39 is 12.1 Å². The number of hydrogen-bond donors (Lipinski definition) is 1. The number of carbonyl (C=O) groups excluding carboxylic acids is 1. The largest absolute Gasteiger partial charge is 0.497 e. The van der Waals surface area contributed by atoms with Gasteiger partial charge in [0.15, 0.2) is 0 Å². The molecule has 0 unspecified atom stereocenters. The van der Waals surface area contributed by atoms with E-state index in [1.54, 1.807) is 20.1 Å². The van der Waals surface area contributed by atoms with Gasteiger partial charge in [0.25, 0.3) is 0 Å². The van der Waals surface area contributed by atoms with Crippen molar-refractivity contribution in [3.05, 3.63) is 77.9 Å². The zero-order chi connectivity index (χ0) is 23.9. The lowest BCUT2D eigenvalue weighted by Crippen LogP contribution is -2.26. The fraction of sp³-hybridized carbons (Fsp3) is 0.444. The number of carbonyl (C=O) groups is 1. The maximum absolute atomic E-state index is 11.5. The van der Waals surface area contributed by atoms with Crippen LogP contribution in [0.1, 0.15) is 37.8 Å². The van der Waals surface area contributed by atoms with Gasteiger partial charge in [0.2, 0.25) is 0 Å². The quantitative estimate of drug-likeness (QED) is 0.238. The van der Waals surface area contributed by atoms with Crippen LogP contribution in [0.5, 0.6) is 5.75 Å². The molecular weight excluding hydrogens is 420 g/mol. The molecule has 180 valence electrons. The third-order valence-electron chi connectivity index (χ3n) is 5.27. The lowest BCUT2D eigenvalue weighted by atomic mass is 9.97. The van der Waals surface area contributed by atoms with Crippen molar-refractivity contribution in [2.75, 3.05) is 20.3 Å². The maximum Gasteiger partial charge on any atom is 0.330 e. The zero-order valence-corrected chi connectivity index (χ0v) is 19.8. The highest BCUT2D eigenvalue weighted by Gasteiger charge is 2.19. The Hall–Kier alpha value is -2.67. The first-order valence-corrected chi connectivity index (χ1v) is 11.4. The van der Waals surface area contributed by atoms with Crippen LogP contribution in [-0.2, 0) is 32.2 Å². The minimum atomic E-state index is -0.661. The van der Waals surface area contributed by atoms with Crippen molar-refractivity contribution < 1.29 is 28.8 Å². The summed E-state index contributed by atoms with van der Waals surface area (Å²) in [7, 11) is 1.63. The Kier molecular flexibility index (Phi) is 12.3. The summed E-state index contributed by atoms with van der Waals surface area (Å²) in [6.45, 7) is 5.42. The average Bonchev–Trinajstić information content (AvgIpc) is 2.84. The second-order valence-corrected chi connectivity index (χ2v) is 7.88. The van der Waals surface area contributed by atoms with Crippen molar-refractivity contribution in [2.24, 2.45) is 5.92 Å². The topological polar surface area (TPSA) is 74.2 Å². The average molecular weight is 457 g/mol. The zero-order valence-electron chi connectivity index (χ0n) is 19.8. The summed E-state index contributed by atoms with van der Waals surface area (Å²) in [5.74, 6) is 0.173. The third kappa shape index (κ3) is 10.7. The van der Waals surface area contributed by atoms with Crippen molar-refractivity contribution in [2.45, 2.75) is 52.1 Å². The lowest BCUT2D eigenvalue weighted by molar-refractivity contribution is -0.137. The van der Waals surface area contributed by atoms with E-state index in [2.05, 4.69) is 0 Å². The Balaban J connectivity index is 1.90. The molecule has 0 aliphatic heterocycles. The molecule has 2 rings (SSSR count). The molecule has 0 saturated carbocycles. The molecule has 0 radical (unpaired) electrons. The van der Waals surface area contributed by atoms with Gasteiger partial charge in [-0.3, -0.25) is 0 Å². The van der Waals surface area contributed by atoms with E-state index in [4.69, 9.17) is 18.9 Å². The van der Waals surface area contributed by atoms with Crippen molar-refractivity contribution in [3.8, 4) is 5.75 Å². The lowest BCUT2D eigenvalue weighted by Gasteiger charge is -2.23. The standard InChI is InChI=1S/C27H36O6/c1-4-32-27(29)15-10-21(2)26(28)18-25(16-17-31-19-22-8-6-5-7-9-22)33-20-23-11-13-24(30-3)14-12-23/h5-15,21,25-26,28H,4,16-20H2,1-3H3/b15-10+/t21-,25-,26-/m0/s1. The van der Waals surface area contributed by atoms with Crippen LogP contribution in [0.3, 0.4) is 0 Å². The molecule has 6 nitrogen and oxygen atoms in total. The molecule has 0 heterocycles. The van der Waals surface area contributed by atoms with Gasteiger partial charge < -0.3 is 24.1 Å². The predicted octanol–water partition coefficient (Wildman–Crippen LogP) is 4.69. The number of aliphatic hydroxyl groups excluding tert-OH is 1. The summed E-state index contributed by atoms with van der Waals surface area (Å²) >= 11 is 0. The van der Waals surface area contributed by atoms with Gasteiger partial charge in [0.05, 0.1) is 39.1 Å². The van der Waals surface area contributed by atoms with Gasteiger partial charge in [-0.25, -0.2) is 4.79 Å². The second kappa shape index (κ2) is 15.2. The molecular formula is C27H36O6. The molecule has 1 N–H and O–H groups in total. The molecule has 0 fully saturated rings. The van der Waals surface area contributed by atoms with Gasteiger partial charge in [0.1, 0.15) is 5.75 Å². The van der Waals surface area contributed by atoms with E-state index >= 15 is 0 Å². The van der Waals surface area contributed by atoms with Gasteiger partial charge in [-0.2, -0.15) is 0 Å². The first-order valence-electron chi connectivity index (χ1n) is 11.4. The molecule has 0 amide bonds. The summed E-state index contributed by atoms with van der Waals surface area (Å²) in [4.78, 5) is 11.5. The smallest absolute Gasteiger partial charge is 0.330 e. The van der Waals surface area contributed by atoms with Gasteiger partial charge >= 0.3 is 5.97 Å². The van der Waals surface area contributed by atoms with Gasteiger partial charge in [-0.1, -0.05) is 55.5 Å². The van der Waals surface area contributed by atoms with Crippen LogP contribution in [-0.4, -0.2) is 43.6 Å². The molecule has 0 saturated heterocycles. The monoisotopic (exact) mass is 456 g/mol. The molecule has 0 spiro atoms. The normalized spacial score (nSPS) is 14.1. The van der Waals surface area contributed by atoms with E-state index in [0.717, 1.165) is 16.9 Å². The first-order chi connectivity index (χ1) is 16.0. The van der Waals surface area contributed by atoms with Crippen LogP contribution in [0.2, 0.25) is 0 Å². The Bertz CT molecular complexity index is 818. The van der Waals surface area contributed by atoms with Crippen molar-refractivity contribution >= 4 is 5.97 Å². The Morgan fingerprint density at radius 3 is 2.39 bits per heavy atom. The van der Waals surface area contributed by atoms with Crippen LogP contribution >= 0.6 is 0 Å². The number of esters is 1. The summed E-state index contributed by atoms with van der Waals surface area (Å²) in [6, 6.07) is 17.7. The molecule has 0 bridgehead atoms. The molecule has 6 heteroatoms. The fourth-order valence-electron chi connectivity index (χ4n) is 3.22. The van der Waals surface area contributed by atoms with Gasteiger partial charge in [0, 0.05) is 25.0 Å². The first kappa shape index (κ1) is 26.6. The van der Waals surface area contributed by atoms with Crippen molar-refractivity contribution in [3.63, 3.8) is 0 Å². The number of hydrogen-bond acceptors (Lipinski definition) is 6. The number of rotatable bonds is 15. The third-order valence-corrected chi connectivity index (χ3v) is 5.27. The van der Waals surface area contributed by atoms with Crippen LogP contribution < -0.4 is 4.74 Å². The van der Waals surface area contributed by atoms with Crippen LogP contribution in [0.4, 0.5) is 0 Å². The Morgan fingerprint density at radius 2 is 1.73 bits per heavy atom. The SMILES string of the molecule is CCOC(=O)/C=C/[C@H](C)[C@@H](O)C[C@H](CCOCc1ccccc1)OCc1ccc(OC)cc1. The number of benzene rings is 2. The van der Waals surface area contributed by atoms with Crippen molar-refractivity contribution in [1.29, 1.82) is 0 Å². The van der Waals surface area contributed by atoms with Crippen LogP contribution in [0, 0.1) is 5.92 Å². The van der Waals surface area contributed by atoms with Crippen molar-refractivity contribution in [1.82, 2.24) is 0 Å². The summed E-state index contributed by atoms with van der Waals surface area (Å²) in [5.41, 5.74) is 2.14.